The van der Waals surface area contributed by atoms with E-state index < -0.39 is 10.0 Å². The van der Waals surface area contributed by atoms with Crippen LogP contribution < -0.4 is 10.5 Å². The lowest BCUT2D eigenvalue weighted by Crippen LogP contribution is -2.27. The van der Waals surface area contributed by atoms with Gasteiger partial charge < -0.3 is 5.73 Å². The first kappa shape index (κ1) is 16.3. The Hall–Kier alpha value is -1.08. The maximum Gasteiger partial charge on any atom is 0.241 e. The summed E-state index contributed by atoms with van der Waals surface area (Å²) in [6, 6.07) is 5.99. The van der Waals surface area contributed by atoms with E-state index in [2.05, 4.69) is 4.72 Å². The Bertz CT molecular complexity index is 769. The van der Waals surface area contributed by atoms with Gasteiger partial charge in [0.05, 0.1) is 15.6 Å². The average molecular weight is 345 g/mol. The molecule has 0 amide bonds. The minimum atomic E-state index is -3.64. The molecule has 0 spiro atoms. The number of thiophene rings is 1. The molecule has 1 heterocycles. The van der Waals surface area contributed by atoms with Crippen molar-refractivity contribution in [1.29, 1.82) is 0 Å². The summed E-state index contributed by atoms with van der Waals surface area (Å²) >= 11 is 7.54. The molecule has 0 saturated carbocycles. The summed E-state index contributed by atoms with van der Waals surface area (Å²) in [5, 5.41) is 0.230. The molecule has 0 aliphatic heterocycles. The lowest BCUT2D eigenvalue weighted by Gasteiger charge is -2.15. The van der Waals surface area contributed by atoms with E-state index >= 15 is 0 Å². The normalized spacial score (nSPS) is 13.3. The SMILES string of the molecule is Cc1cc(C(C)NS(=O)(=O)c2ccc(N)c(Cl)c2)c(C)s1. The van der Waals surface area contributed by atoms with E-state index in [0.717, 1.165) is 15.3 Å². The molecular formula is C14H17ClN2O2S2. The second kappa shape index (κ2) is 5.96. The molecular weight excluding hydrogens is 328 g/mol. The monoisotopic (exact) mass is 344 g/mol. The van der Waals surface area contributed by atoms with Gasteiger partial charge in [-0.1, -0.05) is 11.6 Å². The molecule has 7 heteroatoms. The quantitative estimate of drug-likeness (QED) is 0.832. The smallest absolute Gasteiger partial charge is 0.241 e. The number of aryl methyl sites for hydroxylation is 2. The standard InChI is InChI=1S/C14H17ClN2O2S2/c1-8-6-12(10(3)20-8)9(2)17-21(18,19)11-4-5-14(16)13(15)7-11/h4-7,9,17H,16H2,1-3H3. The van der Waals surface area contributed by atoms with Crippen LogP contribution in [0, 0.1) is 13.8 Å². The van der Waals surface area contributed by atoms with Gasteiger partial charge in [-0.15, -0.1) is 11.3 Å². The topological polar surface area (TPSA) is 72.2 Å². The van der Waals surface area contributed by atoms with Crippen molar-refractivity contribution in [3.05, 3.63) is 44.6 Å². The van der Waals surface area contributed by atoms with Crippen molar-refractivity contribution in [1.82, 2.24) is 4.72 Å². The number of anilines is 1. The lowest BCUT2D eigenvalue weighted by molar-refractivity contribution is 0.567. The van der Waals surface area contributed by atoms with Crippen molar-refractivity contribution < 1.29 is 8.42 Å². The minimum Gasteiger partial charge on any atom is -0.398 e. The molecule has 0 fully saturated rings. The van der Waals surface area contributed by atoms with Crippen LogP contribution in [-0.2, 0) is 10.0 Å². The summed E-state index contributed by atoms with van der Waals surface area (Å²) in [6.07, 6.45) is 0. The number of nitrogens with two attached hydrogens (primary N) is 1. The van der Waals surface area contributed by atoms with Gasteiger partial charge in [0.15, 0.2) is 0 Å². The second-order valence-electron chi connectivity index (χ2n) is 4.89. The fourth-order valence-electron chi connectivity index (χ4n) is 2.12. The van der Waals surface area contributed by atoms with Crippen LogP contribution in [-0.4, -0.2) is 8.42 Å². The highest BCUT2D eigenvalue weighted by Gasteiger charge is 2.21. The van der Waals surface area contributed by atoms with Gasteiger partial charge in [-0.3, -0.25) is 0 Å². The molecule has 1 aromatic heterocycles. The number of nitrogens with one attached hydrogen (secondary N) is 1. The van der Waals surface area contributed by atoms with Gasteiger partial charge in [0, 0.05) is 15.8 Å². The molecule has 2 aromatic rings. The molecule has 0 saturated heterocycles. The zero-order valence-corrected chi connectivity index (χ0v) is 14.4. The number of hydrogen-bond donors (Lipinski definition) is 2. The summed E-state index contributed by atoms with van der Waals surface area (Å²) in [6.45, 7) is 5.81. The number of hydrogen-bond acceptors (Lipinski definition) is 4. The van der Waals surface area contributed by atoms with Crippen LogP contribution in [0.25, 0.3) is 0 Å². The van der Waals surface area contributed by atoms with Crippen LogP contribution in [0.5, 0.6) is 0 Å². The number of halogens is 1. The van der Waals surface area contributed by atoms with Crippen molar-refractivity contribution in [3.63, 3.8) is 0 Å². The number of rotatable bonds is 4. The molecule has 2 rings (SSSR count). The van der Waals surface area contributed by atoms with Crippen LogP contribution in [0.1, 0.15) is 28.3 Å². The summed E-state index contributed by atoms with van der Waals surface area (Å²) in [5.74, 6) is 0. The highest BCUT2D eigenvalue weighted by molar-refractivity contribution is 7.89. The van der Waals surface area contributed by atoms with Crippen LogP contribution in [0.15, 0.2) is 29.2 Å². The number of nitrogen functional groups attached to an aromatic ring is 1. The predicted molar refractivity (Wildman–Crippen MR) is 88.4 cm³/mol. The zero-order chi connectivity index (χ0) is 15.8. The van der Waals surface area contributed by atoms with Gasteiger partial charge in [0.1, 0.15) is 0 Å². The molecule has 1 aromatic carbocycles. The fourth-order valence-corrected chi connectivity index (χ4v) is 4.64. The Kier molecular flexibility index (Phi) is 4.63. The Morgan fingerprint density at radius 1 is 1.29 bits per heavy atom. The highest BCUT2D eigenvalue weighted by Crippen LogP contribution is 2.28. The first-order chi connectivity index (χ1) is 9.70. The van der Waals surface area contributed by atoms with E-state index in [1.54, 1.807) is 11.3 Å². The van der Waals surface area contributed by atoms with Crippen molar-refractivity contribution in [3.8, 4) is 0 Å². The van der Waals surface area contributed by atoms with Gasteiger partial charge in [0.25, 0.3) is 0 Å². The summed E-state index contributed by atoms with van der Waals surface area (Å²) in [7, 11) is -3.64. The van der Waals surface area contributed by atoms with Crippen LogP contribution >= 0.6 is 22.9 Å². The van der Waals surface area contributed by atoms with E-state index in [1.165, 1.54) is 18.2 Å². The maximum atomic E-state index is 12.4. The zero-order valence-electron chi connectivity index (χ0n) is 12.0. The summed E-state index contributed by atoms with van der Waals surface area (Å²) in [4.78, 5) is 2.38. The van der Waals surface area contributed by atoms with E-state index in [4.69, 9.17) is 17.3 Å². The Morgan fingerprint density at radius 3 is 2.48 bits per heavy atom. The molecule has 4 nitrogen and oxygen atoms in total. The molecule has 21 heavy (non-hydrogen) atoms. The van der Waals surface area contributed by atoms with Crippen molar-refractivity contribution in [2.45, 2.75) is 31.7 Å². The fraction of sp³-hybridized carbons (Fsp3) is 0.286. The summed E-state index contributed by atoms with van der Waals surface area (Å²) in [5.41, 5.74) is 6.94. The van der Waals surface area contributed by atoms with Gasteiger partial charge in [-0.2, -0.15) is 0 Å². The first-order valence-electron chi connectivity index (χ1n) is 6.35. The van der Waals surface area contributed by atoms with Crippen molar-refractivity contribution >= 4 is 38.6 Å². The molecule has 0 aliphatic rings. The molecule has 114 valence electrons. The molecule has 0 aliphatic carbocycles. The average Bonchev–Trinajstić information content (AvgIpc) is 2.71. The molecule has 1 atom stereocenters. The van der Waals surface area contributed by atoms with E-state index in [-0.39, 0.29) is 16.0 Å². The van der Waals surface area contributed by atoms with Crippen LogP contribution in [0.2, 0.25) is 5.02 Å². The van der Waals surface area contributed by atoms with Crippen molar-refractivity contribution in [2.24, 2.45) is 0 Å². The lowest BCUT2D eigenvalue weighted by atomic mass is 10.1. The van der Waals surface area contributed by atoms with Gasteiger partial charge in [-0.25, -0.2) is 13.1 Å². The van der Waals surface area contributed by atoms with Gasteiger partial charge in [-0.05, 0) is 50.6 Å². The van der Waals surface area contributed by atoms with E-state index in [1.807, 2.05) is 26.8 Å². The van der Waals surface area contributed by atoms with E-state index in [9.17, 15) is 8.42 Å². The largest absolute Gasteiger partial charge is 0.398 e. The third-order valence-corrected chi connectivity index (χ3v) is 6.01. The number of sulfonamides is 1. The van der Waals surface area contributed by atoms with Crippen LogP contribution in [0.4, 0.5) is 5.69 Å². The van der Waals surface area contributed by atoms with Gasteiger partial charge >= 0.3 is 0 Å². The maximum absolute atomic E-state index is 12.4. The molecule has 3 N–H and O–H groups in total. The molecule has 0 bridgehead atoms. The van der Waals surface area contributed by atoms with E-state index in [0.29, 0.717) is 5.69 Å². The Labute approximate surface area is 134 Å². The first-order valence-corrected chi connectivity index (χ1v) is 9.03. The Balaban J connectivity index is 2.28. The predicted octanol–water partition coefficient (Wildman–Crippen LogP) is 3.64. The van der Waals surface area contributed by atoms with Crippen molar-refractivity contribution in [2.75, 3.05) is 5.73 Å². The number of benzene rings is 1. The third kappa shape index (κ3) is 3.58. The Morgan fingerprint density at radius 2 is 1.95 bits per heavy atom. The minimum absolute atomic E-state index is 0.109. The third-order valence-electron chi connectivity index (χ3n) is 3.16. The highest BCUT2D eigenvalue weighted by atomic mass is 35.5. The van der Waals surface area contributed by atoms with Crippen LogP contribution in [0.3, 0.4) is 0 Å². The summed E-state index contributed by atoms with van der Waals surface area (Å²) < 4.78 is 27.4. The molecule has 0 radical (unpaired) electrons. The molecule has 1 unspecified atom stereocenters. The van der Waals surface area contributed by atoms with Gasteiger partial charge in [0.2, 0.25) is 10.0 Å². The second-order valence-corrected chi connectivity index (χ2v) is 8.48.